The minimum Gasteiger partial charge on any atom is -0.323 e. The molecule has 0 saturated carbocycles. The topological polar surface area (TPSA) is 75.3 Å². The second-order valence-corrected chi connectivity index (χ2v) is 7.39. The zero-order valence-corrected chi connectivity index (χ0v) is 14.7. The molecule has 0 fully saturated rings. The molecule has 7 heteroatoms. The monoisotopic (exact) mass is 362 g/mol. The van der Waals surface area contributed by atoms with Gasteiger partial charge in [-0.05, 0) is 61.9 Å². The average Bonchev–Trinajstić information content (AvgIpc) is 2.54. The van der Waals surface area contributed by atoms with Crippen molar-refractivity contribution in [2.45, 2.75) is 24.8 Å². The Balaban J connectivity index is 2.01. The smallest absolute Gasteiger partial charge is 0.248 e. The molecule has 25 heavy (non-hydrogen) atoms. The van der Waals surface area contributed by atoms with Crippen molar-refractivity contribution >= 4 is 27.7 Å². The lowest BCUT2D eigenvalue weighted by molar-refractivity contribution is -0.111. The van der Waals surface area contributed by atoms with E-state index < -0.39 is 10.0 Å². The number of nitrogens with one attached hydrogen (secondary N) is 2. The lowest BCUT2D eigenvalue weighted by atomic mass is 10.2. The average molecular weight is 362 g/mol. The van der Waals surface area contributed by atoms with Crippen LogP contribution in [-0.2, 0) is 14.8 Å². The van der Waals surface area contributed by atoms with Crippen molar-refractivity contribution < 1.29 is 17.6 Å². The van der Waals surface area contributed by atoms with E-state index in [1.54, 1.807) is 32.1 Å². The Hall–Kier alpha value is -2.51. The first-order valence-electron chi connectivity index (χ1n) is 7.63. The van der Waals surface area contributed by atoms with Gasteiger partial charge in [0.2, 0.25) is 15.9 Å². The van der Waals surface area contributed by atoms with Crippen LogP contribution in [0.15, 0.2) is 59.5 Å². The summed E-state index contributed by atoms with van der Waals surface area (Å²) in [6.07, 6.45) is 2.87. The molecule has 0 spiro atoms. The van der Waals surface area contributed by atoms with Gasteiger partial charge in [-0.1, -0.05) is 12.1 Å². The van der Waals surface area contributed by atoms with Crippen molar-refractivity contribution in [2.75, 3.05) is 5.32 Å². The van der Waals surface area contributed by atoms with Crippen LogP contribution in [0.1, 0.15) is 19.4 Å². The van der Waals surface area contributed by atoms with Gasteiger partial charge in [-0.15, -0.1) is 0 Å². The highest BCUT2D eigenvalue weighted by atomic mass is 32.2. The zero-order valence-electron chi connectivity index (χ0n) is 13.9. The summed E-state index contributed by atoms with van der Waals surface area (Å²) in [5.41, 5.74) is 1.16. The van der Waals surface area contributed by atoms with Crippen LogP contribution in [0.4, 0.5) is 10.1 Å². The molecule has 5 nitrogen and oxygen atoms in total. The van der Waals surface area contributed by atoms with Crippen molar-refractivity contribution in [1.29, 1.82) is 0 Å². The molecule has 2 aromatic carbocycles. The van der Waals surface area contributed by atoms with Gasteiger partial charge in [0.15, 0.2) is 0 Å². The second-order valence-electron chi connectivity index (χ2n) is 5.67. The standard InChI is InChI=1S/C18H19FN2O3S/c1-13(2)21-25(23,24)17-10-8-16(9-11-17)20-18(22)12-5-14-3-6-15(19)7-4-14/h3-13,21H,1-2H3,(H,20,22)/b12-5+. The molecule has 0 bridgehead atoms. The van der Waals surface area contributed by atoms with Gasteiger partial charge in [0.1, 0.15) is 5.82 Å². The Morgan fingerprint density at radius 3 is 2.20 bits per heavy atom. The zero-order chi connectivity index (χ0) is 18.4. The van der Waals surface area contributed by atoms with E-state index in [9.17, 15) is 17.6 Å². The minimum absolute atomic E-state index is 0.126. The maximum absolute atomic E-state index is 12.8. The van der Waals surface area contributed by atoms with Gasteiger partial charge in [-0.3, -0.25) is 4.79 Å². The molecule has 0 atom stereocenters. The molecule has 0 aromatic heterocycles. The summed E-state index contributed by atoms with van der Waals surface area (Å²) in [7, 11) is -3.56. The lowest BCUT2D eigenvalue weighted by Crippen LogP contribution is -2.30. The molecule has 2 N–H and O–H groups in total. The van der Waals surface area contributed by atoms with E-state index >= 15 is 0 Å². The molecule has 0 aliphatic rings. The van der Waals surface area contributed by atoms with Gasteiger partial charge in [0, 0.05) is 17.8 Å². The van der Waals surface area contributed by atoms with Gasteiger partial charge in [-0.25, -0.2) is 17.5 Å². The molecule has 0 unspecified atom stereocenters. The summed E-state index contributed by atoms with van der Waals surface area (Å²) >= 11 is 0. The number of hydrogen-bond acceptors (Lipinski definition) is 3. The fourth-order valence-corrected chi connectivity index (χ4v) is 3.28. The molecule has 132 valence electrons. The molecular weight excluding hydrogens is 343 g/mol. The summed E-state index contributed by atoms with van der Waals surface area (Å²) in [6.45, 7) is 3.47. The quantitative estimate of drug-likeness (QED) is 0.775. The third-order valence-electron chi connectivity index (χ3n) is 3.12. The second kappa shape index (κ2) is 8.04. The van der Waals surface area contributed by atoms with E-state index in [0.717, 1.165) is 0 Å². The number of hydrogen-bond donors (Lipinski definition) is 2. The number of sulfonamides is 1. The van der Waals surface area contributed by atoms with Crippen molar-refractivity contribution in [3.8, 4) is 0 Å². The van der Waals surface area contributed by atoms with E-state index in [1.165, 1.54) is 42.5 Å². The first-order valence-corrected chi connectivity index (χ1v) is 9.11. The van der Waals surface area contributed by atoms with Gasteiger partial charge < -0.3 is 5.32 Å². The number of benzene rings is 2. The SMILES string of the molecule is CC(C)NS(=O)(=O)c1ccc(NC(=O)/C=C/c2ccc(F)cc2)cc1. The van der Waals surface area contributed by atoms with Crippen LogP contribution >= 0.6 is 0 Å². The molecule has 0 aliphatic carbocycles. The maximum atomic E-state index is 12.8. The highest BCUT2D eigenvalue weighted by Gasteiger charge is 2.14. The Morgan fingerprint density at radius 2 is 1.64 bits per heavy atom. The fraction of sp³-hybridized carbons (Fsp3) is 0.167. The molecule has 1 amide bonds. The van der Waals surface area contributed by atoms with Crippen molar-refractivity contribution in [2.24, 2.45) is 0 Å². The summed E-state index contributed by atoms with van der Waals surface area (Å²) in [5.74, 6) is -0.719. The molecule has 0 aliphatic heterocycles. The fourth-order valence-electron chi connectivity index (χ4n) is 2.03. The van der Waals surface area contributed by atoms with Gasteiger partial charge in [0.25, 0.3) is 0 Å². The van der Waals surface area contributed by atoms with E-state index in [0.29, 0.717) is 11.3 Å². The summed E-state index contributed by atoms with van der Waals surface area (Å²) in [5, 5.41) is 2.63. The van der Waals surface area contributed by atoms with Gasteiger partial charge in [-0.2, -0.15) is 0 Å². The number of rotatable bonds is 6. The molecule has 2 rings (SSSR count). The Labute approximate surface area is 146 Å². The van der Waals surface area contributed by atoms with Crippen molar-refractivity contribution in [1.82, 2.24) is 4.72 Å². The van der Waals surface area contributed by atoms with Crippen LogP contribution in [0.3, 0.4) is 0 Å². The normalized spacial score (nSPS) is 11.8. The summed E-state index contributed by atoms with van der Waals surface area (Å²) in [6, 6.07) is 11.4. The molecule has 0 radical (unpaired) electrons. The number of halogens is 1. The van der Waals surface area contributed by atoms with Crippen LogP contribution in [0.25, 0.3) is 6.08 Å². The summed E-state index contributed by atoms with van der Waals surface area (Å²) < 4.78 is 39.3. The third-order valence-corrected chi connectivity index (χ3v) is 4.79. The molecular formula is C18H19FN2O3S. The number of anilines is 1. The van der Waals surface area contributed by atoms with Crippen LogP contribution < -0.4 is 10.0 Å². The Morgan fingerprint density at radius 1 is 1.04 bits per heavy atom. The molecule has 0 heterocycles. The van der Waals surface area contributed by atoms with Crippen LogP contribution in [-0.4, -0.2) is 20.4 Å². The minimum atomic E-state index is -3.56. The largest absolute Gasteiger partial charge is 0.323 e. The Bertz CT molecular complexity index is 858. The summed E-state index contributed by atoms with van der Waals surface area (Å²) in [4.78, 5) is 12.0. The number of carbonyl (C=O) groups is 1. The Kier molecular flexibility index (Phi) is 6.06. The van der Waals surface area contributed by atoms with E-state index in [2.05, 4.69) is 10.0 Å². The highest BCUT2D eigenvalue weighted by molar-refractivity contribution is 7.89. The van der Waals surface area contributed by atoms with E-state index in [-0.39, 0.29) is 22.7 Å². The highest BCUT2D eigenvalue weighted by Crippen LogP contribution is 2.14. The lowest BCUT2D eigenvalue weighted by Gasteiger charge is -2.10. The van der Waals surface area contributed by atoms with E-state index in [1.807, 2.05) is 0 Å². The van der Waals surface area contributed by atoms with Gasteiger partial charge in [0.05, 0.1) is 4.90 Å². The number of carbonyl (C=O) groups excluding carboxylic acids is 1. The third kappa shape index (κ3) is 5.81. The van der Waals surface area contributed by atoms with Crippen LogP contribution in [0.2, 0.25) is 0 Å². The predicted molar refractivity (Wildman–Crippen MR) is 96.0 cm³/mol. The van der Waals surface area contributed by atoms with Crippen molar-refractivity contribution in [3.63, 3.8) is 0 Å². The van der Waals surface area contributed by atoms with E-state index in [4.69, 9.17) is 0 Å². The molecule has 0 saturated heterocycles. The predicted octanol–water partition coefficient (Wildman–Crippen LogP) is 3.16. The van der Waals surface area contributed by atoms with Crippen LogP contribution in [0.5, 0.6) is 0 Å². The first-order chi connectivity index (χ1) is 11.8. The molecule has 2 aromatic rings. The first kappa shape index (κ1) is 18.8. The number of amides is 1. The van der Waals surface area contributed by atoms with Crippen LogP contribution in [0, 0.1) is 5.82 Å². The van der Waals surface area contributed by atoms with Crippen molar-refractivity contribution in [3.05, 3.63) is 66.0 Å². The van der Waals surface area contributed by atoms with Gasteiger partial charge >= 0.3 is 0 Å². The maximum Gasteiger partial charge on any atom is 0.248 e.